The average molecular weight is 540 g/mol. The SMILES string of the molecule is CCN(C(=O)COC(=O)c1cc(-c2ccco2)nc2ccccc12)c1c(N)n(Cc2ccccc2)c(=O)[nH]c1=O. The summed E-state index contributed by atoms with van der Waals surface area (Å²) in [6.07, 6.45) is 1.50. The molecule has 0 saturated heterocycles. The largest absolute Gasteiger partial charge is 0.463 e. The van der Waals surface area contributed by atoms with Crippen molar-refractivity contribution in [3.8, 4) is 11.5 Å². The molecule has 5 aromatic rings. The van der Waals surface area contributed by atoms with Gasteiger partial charge in [0, 0.05) is 11.9 Å². The maximum absolute atomic E-state index is 13.2. The lowest BCUT2D eigenvalue weighted by Crippen LogP contribution is -2.42. The van der Waals surface area contributed by atoms with Crippen LogP contribution in [-0.2, 0) is 16.1 Å². The third-order valence-corrected chi connectivity index (χ3v) is 6.32. The lowest BCUT2D eigenvalue weighted by atomic mass is 10.1. The fraction of sp³-hybridized carbons (Fsp3) is 0.138. The maximum atomic E-state index is 13.2. The second-order valence-electron chi connectivity index (χ2n) is 8.83. The van der Waals surface area contributed by atoms with E-state index < -0.39 is 29.7 Å². The minimum atomic E-state index is -0.823. The molecule has 202 valence electrons. The molecule has 1 amide bonds. The van der Waals surface area contributed by atoms with Crippen molar-refractivity contribution < 1.29 is 18.7 Å². The molecule has 2 aromatic carbocycles. The molecule has 0 radical (unpaired) electrons. The van der Waals surface area contributed by atoms with E-state index in [-0.39, 0.29) is 30.2 Å². The number of aromatic amines is 1. The Bertz CT molecular complexity index is 1810. The van der Waals surface area contributed by atoms with Crippen LogP contribution in [0.5, 0.6) is 0 Å². The lowest BCUT2D eigenvalue weighted by Gasteiger charge is -2.23. The zero-order valence-electron chi connectivity index (χ0n) is 21.5. The Balaban J connectivity index is 1.41. The summed E-state index contributed by atoms with van der Waals surface area (Å²) in [5.74, 6) is -1.16. The number of fused-ring (bicyclic) bond motifs is 1. The molecule has 0 aliphatic heterocycles. The number of amides is 1. The number of nitrogens with zero attached hydrogens (tertiary/aromatic N) is 3. The van der Waals surface area contributed by atoms with Crippen molar-refractivity contribution in [3.05, 3.63) is 111 Å². The molecule has 5 rings (SSSR count). The van der Waals surface area contributed by atoms with E-state index in [1.54, 1.807) is 55.5 Å². The number of benzene rings is 2. The van der Waals surface area contributed by atoms with E-state index in [0.717, 1.165) is 10.5 Å². The van der Waals surface area contributed by atoms with Crippen LogP contribution in [-0.4, -0.2) is 39.6 Å². The van der Waals surface area contributed by atoms with Gasteiger partial charge in [0.15, 0.2) is 18.1 Å². The van der Waals surface area contributed by atoms with Gasteiger partial charge in [-0.2, -0.15) is 0 Å². The first kappa shape index (κ1) is 26.2. The van der Waals surface area contributed by atoms with E-state index in [1.165, 1.54) is 16.9 Å². The van der Waals surface area contributed by atoms with Gasteiger partial charge in [-0.05, 0) is 36.8 Å². The molecule has 3 heterocycles. The summed E-state index contributed by atoms with van der Waals surface area (Å²) in [6, 6.07) is 21.0. The number of H-pyrrole nitrogens is 1. The van der Waals surface area contributed by atoms with E-state index in [4.69, 9.17) is 14.9 Å². The van der Waals surface area contributed by atoms with E-state index >= 15 is 0 Å². The highest BCUT2D eigenvalue weighted by atomic mass is 16.5. The summed E-state index contributed by atoms with van der Waals surface area (Å²) in [7, 11) is 0. The highest BCUT2D eigenvalue weighted by Crippen LogP contribution is 2.26. The van der Waals surface area contributed by atoms with Crippen LogP contribution in [0.2, 0.25) is 0 Å². The normalized spacial score (nSPS) is 10.9. The molecule has 3 aromatic heterocycles. The zero-order chi connectivity index (χ0) is 28.2. The number of carbonyl (C=O) groups excluding carboxylic acids is 2. The molecule has 0 aliphatic carbocycles. The molecule has 0 bridgehead atoms. The van der Waals surface area contributed by atoms with Gasteiger partial charge >= 0.3 is 11.7 Å². The number of likely N-dealkylation sites (N-methyl/N-ethyl adjacent to an activating group) is 1. The Morgan fingerprint density at radius 2 is 1.80 bits per heavy atom. The van der Waals surface area contributed by atoms with Crippen LogP contribution in [0.1, 0.15) is 22.8 Å². The first-order chi connectivity index (χ1) is 19.4. The van der Waals surface area contributed by atoms with Gasteiger partial charge in [0.1, 0.15) is 11.5 Å². The molecule has 11 nitrogen and oxygen atoms in total. The number of anilines is 2. The van der Waals surface area contributed by atoms with Crippen molar-refractivity contribution in [3.63, 3.8) is 0 Å². The van der Waals surface area contributed by atoms with Gasteiger partial charge in [-0.3, -0.25) is 19.1 Å². The number of para-hydroxylation sites is 1. The number of nitrogens with one attached hydrogen (secondary N) is 1. The highest BCUT2D eigenvalue weighted by Gasteiger charge is 2.25. The zero-order valence-corrected chi connectivity index (χ0v) is 21.5. The second-order valence-corrected chi connectivity index (χ2v) is 8.83. The number of nitrogens with two attached hydrogens (primary N) is 1. The number of furan rings is 1. The summed E-state index contributed by atoms with van der Waals surface area (Å²) in [6.45, 7) is 1.09. The van der Waals surface area contributed by atoms with Gasteiger partial charge < -0.3 is 19.8 Å². The van der Waals surface area contributed by atoms with Gasteiger partial charge in [-0.25, -0.2) is 14.6 Å². The van der Waals surface area contributed by atoms with Gasteiger partial charge in [0.25, 0.3) is 11.5 Å². The molecule has 0 fully saturated rings. The second kappa shape index (κ2) is 11.1. The monoisotopic (exact) mass is 539 g/mol. The summed E-state index contributed by atoms with van der Waals surface area (Å²) in [5.41, 5.74) is 6.46. The predicted molar refractivity (Wildman–Crippen MR) is 149 cm³/mol. The summed E-state index contributed by atoms with van der Waals surface area (Å²) in [5, 5.41) is 0.538. The fourth-order valence-electron chi connectivity index (χ4n) is 4.40. The molecule has 11 heteroatoms. The average Bonchev–Trinajstić information content (AvgIpc) is 3.51. The number of hydrogen-bond acceptors (Lipinski definition) is 8. The first-order valence-corrected chi connectivity index (χ1v) is 12.4. The third-order valence-electron chi connectivity index (χ3n) is 6.32. The van der Waals surface area contributed by atoms with Crippen molar-refractivity contribution in [1.29, 1.82) is 0 Å². The van der Waals surface area contributed by atoms with Crippen LogP contribution in [0.4, 0.5) is 11.5 Å². The topological polar surface area (TPSA) is 154 Å². The molecule has 0 saturated carbocycles. The summed E-state index contributed by atoms with van der Waals surface area (Å²) < 4.78 is 12.0. The standard InChI is InChI=1S/C29H25N5O6/c1-2-33(25-26(30)34(29(38)32-27(25)36)16-18-9-4-3-5-10-18)24(35)17-40-28(37)20-15-22(23-13-8-14-39-23)31-21-12-7-6-11-19(20)21/h3-15H,2,16-17,30H2,1H3,(H,32,36,38). The molecule has 3 N–H and O–H groups in total. The number of esters is 1. The molecular formula is C29H25N5O6. The first-order valence-electron chi connectivity index (χ1n) is 12.4. The molecule has 0 spiro atoms. The number of aromatic nitrogens is 3. The Labute approximate surface area is 227 Å². The van der Waals surface area contributed by atoms with E-state index in [0.29, 0.717) is 22.4 Å². The number of pyridine rings is 1. The molecule has 0 atom stereocenters. The Morgan fingerprint density at radius 3 is 2.52 bits per heavy atom. The number of rotatable bonds is 8. The minimum absolute atomic E-state index is 0.0357. The smallest absolute Gasteiger partial charge is 0.339 e. The molecule has 40 heavy (non-hydrogen) atoms. The van der Waals surface area contributed by atoms with Crippen LogP contribution in [0.3, 0.4) is 0 Å². The Hall–Kier alpha value is -5.45. The van der Waals surface area contributed by atoms with Crippen LogP contribution in [0.25, 0.3) is 22.4 Å². The Kier molecular flexibility index (Phi) is 7.27. The lowest BCUT2D eigenvalue weighted by molar-refractivity contribution is -0.121. The summed E-state index contributed by atoms with van der Waals surface area (Å²) in [4.78, 5) is 59.5. The Morgan fingerprint density at radius 1 is 1.05 bits per heavy atom. The molecule has 0 aliphatic rings. The van der Waals surface area contributed by atoms with Crippen molar-refractivity contribution in [2.75, 3.05) is 23.8 Å². The van der Waals surface area contributed by atoms with E-state index in [1.807, 2.05) is 18.2 Å². The van der Waals surface area contributed by atoms with Gasteiger partial charge in [-0.1, -0.05) is 48.5 Å². The fourth-order valence-corrected chi connectivity index (χ4v) is 4.40. The van der Waals surface area contributed by atoms with Crippen LogP contribution < -0.4 is 21.9 Å². The van der Waals surface area contributed by atoms with Crippen molar-refractivity contribution >= 4 is 34.3 Å². The van der Waals surface area contributed by atoms with Crippen LogP contribution >= 0.6 is 0 Å². The van der Waals surface area contributed by atoms with Crippen LogP contribution in [0, 0.1) is 0 Å². The van der Waals surface area contributed by atoms with E-state index in [2.05, 4.69) is 9.97 Å². The minimum Gasteiger partial charge on any atom is -0.463 e. The summed E-state index contributed by atoms with van der Waals surface area (Å²) >= 11 is 0. The van der Waals surface area contributed by atoms with Crippen molar-refractivity contribution in [2.24, 2.45) is 0 Å². The number of carbonyl (C=O) groups is 2. The van der Waals surface area contributed by atoms with Crippen LogP contribution in [0.15, 0.2) is 93.1 Å². The molecular weight excluding hydrogens is 514 g/mol. The maximum Gasteiger partial charge on any atom is 0.339 e. The van der Waals surface area contributed by atoms with Gasteiger partial charge in [0.2, 0.25) is 0 Å². The number of hydrogen-bond donors (Lipinski definition) is 2. The molecule has 0 unspecified atom stereocenters. The third kappa shape index (κ3) is 5.12. The van der Waals surface area contributed by atoms with E-state index in [9.17, 15) is 19.2 Å². The van der Waals surface area contributed by atoms with Crippen molar-refractivity contribution in [1.82, 2.24) is 14.5 Å². The number of nitrogen functional groups attached to an aromatic ring is 1. The highest BCUT2D eigenvalue weighted by molar-refractivity contribution is 6.05. The predicted octanol–water partition coefficient (Wildman–Crippen LogP) is 3.19. The quantitative estimate of drug-likeness (QED) is 0.285. The van der Waals surface area contributed by atoms with Crippen molar-refractivity contribution in [2.45, 2.75) is 13.5 Å². The van der Waals surface area contributed by atoms with Gasteiger partial charge in [0.05, 0.1) is 23.9 Å². The number of ether oxygens (including phenoxy) is 1. The van der Waals surface area contributed by atoms with Gasteiger partial charge in [-0.15, -0.1) is 0 Å².